The van der Waals surface area contributed by atoms with Gasteiger partial charge in [0.05, 0.1) is 17.2 Å². The first-order chi connectivity index (χ1) is 11.6. The van der Waals surface area contributed by atoms with Crippen LogP contribution in [-0.2, 0) is 4.79 Å². The summed E-state index contributed by atoms with van der Waals surface area (Å²) in [7, 11) is 0. The summed E-state index contributed by atoms with van der Waals surface area (Å²) in [5, 5.41) is 17.1. The van der Waals surface area contributed by atoms with Crippen molar-refractivity contribution in [3.05, 3.63) is 33.7 Å². The number of thiophene rings is 1. The van der Waals surface area contributed by atoms with E-state index in [2.05, 4.69) is 16.7 Å². The molecular weight excluding hydrogens is 344 g/mol. The van der Waals surface area contributed by atoms with Crippen molar-refractivity contribution in [1.29, 1.82) is 5.26 Å². The first kappa shape index (κ1) is 15.5. The third-order valence-electron chi connectivity index (χ3n) is 5.28. The maximum Gasteiger partial charge on any atom is 0.321 e. The van der Waals surface area contributed by atoms with E-state index in [1.165, 1.54) is 0 Å². The maximum absolute atomic E-state index is 12.6. The van der Waals surface area contributed by atoms with Gasteiger partial charge in [-0.15, -0.1) is 11.3 Å². The van der Waals surface area contributed by atoms with Gasteiger partial charge < -0.3 is 11.1 Å². The molecule has 4 atom stereocenters. The van der Waals surface area contributed by atoms with Gasteiger partial charge in [-0.2, -0.15) is 17.0 Å². The first-order valence-corrected chi connectivity index (χ1v) is 9.75. The Kier molecular flexibility index (Phi) is 3.58. The normalized spacial score (nSPS) is 35.4. The second kappa shape index (κ2) is 5.53. The molecule has 3 amide bonds. The molecule has 0 saturated carbocycles. The number of hydrogen-bond acceptors (Lipinski definition) is 6. The summed E-state index contributed by atoms with van der Waals surface area (Å²) < 4.78 is 0. The van der Waals surface area contributed by atoms with Gasteiger partial charge in [0.15, 0.2) is 0 Å². The molecule has 3 aliphatic rings. The van der Waals surface area contributed by atoms with Gasteiger partial charge in [0.25, 0.3) is 0 Å². The van der Waals surface area contributed by atoms with E-state index in [4.69, 9.17) is 5.73 Å². The van der Waals surface area contributed by atoms with Crippen LogP contribution in [0.3, 0.4) is 0 Å². The van der Waals surface area contributed by atoms with Crippen molar-refractivity contribution in [3.63, 3.8) is 0 Å². The minimum absolute atomic E-state index is 0.0307. The SMILES string of the molecule is N#CC1=C(N)[C@@H]2C(=O)NC(=O)N[C@@]23CCSC[C@@H]3[C@H]1c1cccs1. The molecule has 4 rings (SSSR count). The van der Waals surface area contributed by atoms with Gasteiger partial charge in [0.2, 0.25) is 5.91 Å². The molecule has 8 heteroatoms. The van der Waals surface area contributed by atoms with Gasteiger partial charge in [-0.3, -0.25) is 10.1 Å². The average Bonchev–Trinajstić information content (AvgIpc) is 3.06. The monoisotopic (exact) mass is 360 g/mol. The van der Waals surface area contributed by atoms with E-state index in [-0.39, 0.29) is 11.8 Å². The van der Waals surface area contributed by atoms with Crippen LogP contribution in [0.5, 0.6) is 0 Å². The molecule has 24 heavy (non-hydrogen) atoms. The number of thioether (sulfide) groups is 1. The molecule has 0 radical (unpaired) electrons. The number of imide groups is 1. The lowest BCUT2D eigenvalue weighted by atomic mass is 9.59. The van der Waals surface area contributed by atoms with Gasteiger partial charge in [-0.05, 0) is 29.4 Å². The van der Waals surface area contributed by atoms with Crippen molar-refractivity contribution in [1.82, 2.24) is 10.6 Å². The van der Waals surface area contributed by atoms with E-state index in [9.17, 15) is 14.9 Å². The van der Waals surface area contributed by atoms with Crippen LogP contribution < -0.4 is 16.4 Å². The molecule has 0 bridgehead atoms. The van der Waals surface area contributed by atoms with E-state index in [0.717, 1.165) is 16.4 Å². The van der Waals surface area contributed by atoms with Crippen LogP contribution in [0, 0.1) is 23.2 Å². The van der Waals surface area contributed by atoms with Gasteiger partial charge in [0.1, 0.15) is 5.92 Å². The minimum Gasteiger partial charge on any atom is -0.400 e. The Bertz CT molecular complexity index is 782. The number of urea groups is 1. The fourth-order valence-electron chi connectivity index (χ4n) is 4.32. The summed E-state index contributed by atoms with van der Waals surface area (Å²) in [5.41, 5.74) is 6.39. The van der Waals surface area contributed by atoms with Gasteiger partial charge >= 0.3 is 6.03 Å². The molecule has 1 aliphatic carbocycles. The Balaban J connectivity index is 1.95. The number of nitrogens with two attached hydrogens (primary N) is 1. The molecule has 3 heterocycles. The molecule has 4 N–H and O–H groups in total. The molecule has 0 unspecified atom stereocenters. The van der Waals surface area contributed by atoms with Crippen LogP contribution in [0.4, 0.5) is 4.79 Å². The Hall–Kier alpha value is -1.98. The van der Waals surface area contributed by atoms with E-state index in [1.807, 2.05) is 17.5 Å². The van der Waals surface area contributed by atoms with Crippen LogP contribution >= 0.6 is 23.1 Å². The molecule has 1 aromatic heterocycles. The summed E-state index contributed by atoms with van der Waals surface area (Å²) in [6.45, 7) is 0. The lowest BCUT2D eigenvalue weighted by Gasteiger charge is -2.55. The molecule has 2 saturated heterocycles. The zero-order chi connectivity index (χ0) is 16.9. The standard InChI is InChI=1S/C16H16N4O2S2/c17-6-8-11(10-2-1-4-24-10)9-7-23-5-3-16(9)12(13(8)18)14(21)19-15(22)20-16/h1-2,4,9,11-12H,3,5,7,18H2,(H2,19,20,21,22)/t9-,11+,12-,16-/m1/s1. The lowest BCUT2D eigenvalue weighted by Crippen LogP contribution is -2.73. The highest BCUT2D eigenvalue weighted by Gasteiger charge is 2.61. The number of carbonyl (C=O) groups is 2. The topological polar surface area (TPSA) is 108 Å². The molecule has 6 nitrogen and oxygen atoms in total. The van der Waals surface area contributed by atoms with Gasteiger partial charge in [0, 0.05) is 22.4 Å². The number of nitriles is 1. The summed E-state index contributed by atoms with van der Waals surface area (Å²) in [4.78, 5) is 25.7. The summed E-state index contributed by atoms with van der Waals surface area (Å²) >= 11 is 3.38. The highest BCUT2D eigenvalue weighted by molar-refractivity contribution is 7.99. The van der Waals surface area contributed by atoms with Gasteiger partial charge in [-0.1, -0.05) is 6.07 Å². The molecule has 124 valence electrons. The Morgan fingerprint density at radius 3 is 2.96 bits per heavy atom. The van der Waals surface area contributed by atoms with Crippen LogP contribution in [0.25, 0.3) is 0 Å². The minimum atomic E-state index is -0.705. The van der Waals surface area contributed by atoms with Crippen molar-refractivity contribution in [2.45, 2.75) is 17.9 Å². The second-order valence-electron chi connectivity index (χ2n) is 6.32. The molecule has 2 aliphatic heterocycles. The number of rotatable bonds is 1. The molecule has 1 spiro atoms. The number of amides is 3. The Morgan fingerprint density at radius 1 is 1.42 bits per heavy atom. The summed E-state index contributed by atoms with van der Waals surface area (Å²) in [5.74, 6) is 0.359. The number of carbonyl (C=O) groups excluding carboxylic acids is 2. The molecule has 1 aromatic rings. The van der Waals surface area contributed by atoms with Gasteiger partial charge in [-0.25, -0.2) is 4.79 Å². The fraction of sp³-hybridized carbons (Fsp3) is 0.438. The Morgan fingerprint density at radius 2 is 2.25 bits per heavy atom. The highest BCUT2D eigenvalue weighted by atomic mass is 32.2. The van der Waals surface area contributed by atoms with Crippen molar-refractivity contribution in [3.8, 4) is 6.07 Å². The highest BCUT2D eigenvalue weighted by Crippen LogP contribution is 2.54. The number of allylic oxidation sites excluding steroid dienone is 1. The predicted octanol–water partition coefficient (Wildman–Crippen LogP) is 1.53. The largest absolute Gasteiger partial charge is 0.400 e. The van der Waals surface area contributed by atoms with Crippen molar-refractivity contribution < 1.29 is 9.59 Å². The third kappa shape index (κ3) is 2.01. The van der Waals surface area contributed by atoms with Crippen LogP contribution in [-0.4, -0.2) is 29.0 Å². The second-order valence-corrected chi connectivity index (χ2v) is 8.45. The molecule has 0 aromatic carbocycles. The van der Waals surface area contributed by atoms with Crippen molar-refractivity contribution in [2.75, 3.05) is 11.5 Å². The zero-order valence-corrected chi connectivity index (χ0v) is 14.4. The molecular formula is C16H16N4O2S2. The molecule has 2 fully saturated rings. The average molecular weight is 360 g/mol. The van der Waals surface area contributed by atoms with E-state index >= 15 is 0 Å². The Labute approximate surface area is 147 Å². The summed E-state index contributed by atoms with van der Waals surface area (Å²) in [6.07, 6.45) is 0.674. The quantitative estimate of drug-likeness (QED) is 0.704. The zero-order valence-electron chi connectivity index (χ0n) is 12.7. The van der Waals surface area contributed by atoms with E-state index in [0.29, 0.717) is 17.7 Å². The number of nitrogens with zero attached hydrogens (tertiary/aromatic N) is 1. The lowest BCUT2D eigenvalue weighted by molar-refractivity contribution is -0.128. The number of nitrogens with one attached hydrogen (secondary N) is 2. The predicted molar refractivity (Wildman–Crippen MR) is 92.2 cm³/mol. The van der Waals surface area contributed by atoms with Crippen LogP contribution in [0.2, 0.25) is 0 Å². The van der Waals surface area contributed by atoms with Crippen molar-refractivity contribution in [2.24, 2.45) is 17.6 Å². The van der Waals surface area contributed by atoms with Crippen LogP contribution in [0.1, 0.15) is 17.2 Å². The number of hydrogen-bond donors (Lipinski definition) is 3. The smallest absolute Gasteiger partial charge is 0.321 e. The fourth-order valence-corrected chi connectivity index (χ4v) is 6.62. The maximum atomic E-state index is 12.6. The third-order valence-corrected chi connectivity index (χ3v) is 7.33. The summed E-state index contributed by atoms with van der Waals surface area (Å²) in [6, 6.07) is 5.73. The van der Waals surface area contributed by atoms with E-state index < -0.39 is 23.4 Å². The van der Waals surface area contributed by atoms with Crippen LogP contribution in [0.15, 0.2) is 28.8 Å². The first-order valence-electron chi connectivity index (χ1n) is 7.72. The van der Waals surface area contributed by atoms with E-state index in [1.54, 1.807) is 23.1 Å². The van der Waals surface area contributed by atoms with Crippen molar-refractivity contribution >= 4 is 35.0 Å².